The Hall–Kier alpha value is 0.0500. The molecule has 0 N–H and O–H groups in total. The lowest BCUT2D eigenvalue weighted by Crippen LogP contribution is -2.10. The maximum atomic E-state index is 12.3. The van der Waals surface area contributed by atoms with Crippen LogP contribution in [0.1, 0.15) is 55.3 Å². The Bertz CT molecular complexity index is 507. The molecule has 0 radical (unpaired) electrons. The predicted octanol–water partition coefficient (Wildman–Crippen LogP) is 6.84. The van der Waals surface area contributed by atoms with Crippen LogP contribution < -0.4 is 0 Å². The smallest absolute Gasteiger partial charge is 0.165 e. The summed E-state index contributed by atoms with van der Waals surface area (Å²) < 4.78 is 0. The third kappa shape index (κ3) is 3.82. The summed E-state index contributed by atoms with van der Waals surface area (Å²) in [6.07, 6.45) is 7.65. The van der Waals surface area contributed by atoms with Gasteiger partial charge in [-0.1, -0.05) is 78.5 Å². The molecular weight excluding hydrogens is 338 g/mol. The number of halogens is 4. The van der Waals surface area contributed by atoms with E-state index in [1.807, 2.05) is 0 Å². The molecule has 1 aromatic carbocycles. The molecule has 1 aliphatic carbocycles. The lowest BCUT2D eigenvalue weighted by atomic mass is 9.85. The van der Waals surface area contributed by atoms with Gasteiger partial charge in [0.25, 0.3) is 0 Å². The van der Waals surface area contributed by atoms with Crippen molar-refractivity contribution in [1.82, 2.24) is 0 Å². The van der Waals surface area contributed by atoms with E-state index in [9.17, 15) is 4.79 Å². The first kappa shape index (κ1) is 16.4. The van der Waals surface area contributed by atoms with Crippen molar-refractivity contribution in [2.24, 2.45) is 5.92 Å². The summed E-state index contributed by atoms with van der Waals surface area (Å²) in [5.74, 6) is 0.595. The third-order valence-electron chi connectivity index (χ3n) is 3.90. The Kier molecular flexibility index (Phi) is 6.04. The van der Waals surface area contributed by atoms with E-state index in [1.165, 1.54) is 38.2 Å². The van der Waals surface area contributed by atoms with Gasteiger partial charge in [0, 0.05) is 6.42 Å². The molecule has 2 rings (SSSR count). The van der Waals surface area contributed by atoms with Crippen LogP contribution in [-0.4, -0.2) is 5.78 Å². The lowest BCUT2D eigenvalue weighted by Gasteiger charge is -2.21. The predicted molar refractivity (Wildman–Crippen MR) is 86.6 cm³/mol. The first-order valence-electron chi connectivity index (χ1n) is 6.87. The molecule has 1 nitrogen and oxygen atoms in total. The number of carbonyl (C=O) groups excluding carboxylic acids is 1. The summed E-state index contributed by atoms with van der Waals surface area (Å²) >= 11 is 24.0. The molecular formula is C15H16Cl4O. The summed E-state index contributed by atoms with van der Waals surface area (Å²) in [6, 6.07) is 1.48. The number of hydrogen-bond donors (Lipinski definition) is 0. The summed E-state index contributed by atoms with van der Waals surface area (Å²) in [7, 11) is 0. The van der Waals surface area contributed by atoms with Crippen molar-refractivity contribution in [3.63, 3.8) is 0 Å². The highest BCUT2D eigenvalue weighted by Crippen LogP contribution is 2.38. The van der Waals surface area contributed by atoms with Crippen molar-refractivity contribution >= 4 is 52.2 Å². The maximum absolute atomic E-state index is 12.3. The van der Waals surface area contributed by atoms with Gasteiger partial charge >= 0.3 is 0 Å². The molecule has 1 saturated carbocycles. The largest absolute Gasteiger partial charge is 0.294 e. The van der Waals surface area contributed by atoms with Crippen LogP contribution in [0.5, 0.6) is 0 Å². The van der Waals surface area contributed by atoms with E-state index in [4.69, 9.17) is 46.4 Å². The molecule has 0 aromatic heterocycles. The number of benzene rings is 1. The highest BCUT2D eigenvalue weighted by atomic mass is 35.5. The summed E-state index contributed by atoms with van der Waals surface area (Å²) in [6.45, 7) is 0. The van der Waals surface area contributed by atoms with Crippen molar-refractivity contribution < 1.29 is 4.79 Å². The van der Waals surface area contributed by atoms with Crippen LogP contribution in [0.25, 0.3) is 0 Å². The average molecular weight is 354 g/mol. The Balaban J connectivity index is 2.07. The Morgan fingerprint density at radius 2 is 1.65 bits per heavy atom. The molecule has 5 heteroatoms. The highest BCUT2D eigenvalue weighted by molar-refractivity contribution is 6.51. The molecule has 0 aliphatic heterocycles. The molecule has 110 valence electrons. The molecule has 0 saturated heterocycles. The topological polar surface area (TPSA) is 17.1 Å². The Labute approximate surface area is 139 Å². The molecule has 0 spiro atoms. The minimum Gasteiger partial charge on any atom is -0.294 e. The number of rotatable bonds is 4. The quantitative estimate of drug-likeness (QED) is 0.329. The minimum atomic E-state index is -0.0517. The van der Waals surface area contributed by atoms with E-state index in [1.54, 1.807) is 0 Å². The average Bonchev–Trinajstić information content (AvgIpc) is 2.44. The van der Waals surface area contributed by atoms with Crippen molar-refractivity contribution in [2.45, 2.75) is 44.9 Å². The maximum Gasteiger partial charge on any atom is 0.165 e. The van der Waals surface area contributed by atoms with Crippen molar-refractivity contribution in [1.29, 1.82) is 0 Å². The molecule has 0 unspecified atom stereocenters. The second kappa shape index (κ2) is 7.35. The monoisotopic (exact) mass is 352 g/mol. The van der Waals surface area contributed by atoms with Crippen LogP contribution in [0.15, 0.2) is 6.07 Å². The zero-order valence-electron chi connectivity index (χ0n) is 11.0. The van der Waals surface area contributed by atoms with Crippen molar-refractivity contribution in [3.8, 4) is 0 Å². The molecule has 0 amide bonds. The van der Waals surface area contributed by atoms with E-state index in [-0.39, 0.29) is 25.9 Å². The van der Waals surface area contributed by atoms with Gasteiger partial charge in [-0.15, -0.1) is 0 Å². The van der Waals surface area contributed by atoms with Gasteiger partial charge in [-0.25, -0.2) is 0 Å². The van der Waals surface area contributed by atoms with Crippen molar-refractivity contribution in [3.05, 3.63) is 31.7 Å². The van der Waals surface area contributed by atoms with Gasteiger partial charge < -0.3 is 0 Å². The summed E-state index contributed by atoms with van der Waals surface area (Å²) in [4.78, 5) is 12.3. The van der Waals surface area contributed by atoms with Crippen LogP contribution in [0, 0.1) is 5.92 Å². The van der Waals surface area contributed by atoms with Gasteiger partial charge in [-0.2, -0.15) is 0 Å². The van der Waals surface area contributed by atoms with E-state index >= 15 is 0 Å². The summed E-state index contributed by atoms with van der Waals surface area (Å²) in [5, 5.41) is 0.903. The number of Topliss-reactive ketones (excluding diaryl/α,β-unsaturated/α-hetero) is 1. The summed E-state index contributed by atoms with van der Waals surface area (Å²) in [5.41, 5.74) is 0.304. The molecule has 0 heterocycles. The second-order valence-corrected chi connectivity index (χ2v) is 6.88. The van der Waals surface area contributed by atoms with Crippen molar-refractivity contribution in [2.75, 3.05) is 0 Å². The van der Waals surface area contributed by atoms with Crippen LogP contribution >= 0.6 is 46.4 Å². The number of hydrogen-bond acceptors (Lipinski definition) is 1. The minimum absolute atomic E-state index is 0.0517. The van der Waals surface area contributed by atoms with Gasteiger partial charge in [0.1, 0.15) is 0 Å². The standard InChI is InChI=1S/C15H16Cl4O/c16-10-8-11(17)14(18)15(19)13(10)12(20)7-6-9-4-2-1-3-5-9/h8-9H,1-7H2. The third-order valence-corrected chi connectivity index (χ3v) is 5.46. The fourth-order valence-corrected chi connectivity index (χ4v) is 3.88. The van der Waals surface area contributed by atoms with Crippen LogP contribution in [-0.2, 0) is 0 Å². The van der Waals surface area contributed by atoms with E-state index < -0.39 is 0 Å². The normalized spacial score (nSPS) is 16.4. The number of ketones is 1. The van der Waals surface area contributed by atoms with Gasteiger partial charge in [0.2, 0.25) is 0 Å². The lowest BCUT2D eigenvalue weighted by molar-refractivity contribution is 0.0970. The molecule has 1 aromatic rings. The molecule has 0 atom stereocenters. The fraction of sp³-hybridized carbons (Fsp3) is 0.533. The molecule has 0 bridgehead atoms. The van der Waals surface area contributed by atoms with Crippen LogP contribution in [0.3, 0.4) is 0 Å². The van der Waals surface area contributed by atoms with Gasteiger partial charge in [-0.3, -0.25) is 4.79 Å². The highest BCUT2D eigenvalue weighted by Gasteiger charge is 2.21. The van der Waals surface area contributed by atoms with E-state index in [0.29, 0.717) is 17.9 Å². The van der Waals surface area contributed by atoms with Crippen LogP contribution in [0.4, 0.5) is 0 Å². The zero-order valence-corrected chi connectivity index (χ0v) is 14.0. The fourth-order valence-electron chi connectivity index (χ4n) is 2.76. The van der Waals surface area contributed by atoms with Gasteiger partial charge in [0.05, 0.1) is 25.7 Å². The number of carbonyl (C=O) groups is 1. The van der Waals surface area contributed by atoms with Crippen LogP contribution in [0.2, 0.25) is 20.1 Å². The Morgan fingerprint density at radius 3 is 2.30 bits per heavy atom. The molecule has 20 heavy (non-hydrogen) atoms. The van der Waals surface area contributed by atoms with E-state index in [0.717, 1.165) is 6.42 Å². The van der Waals surface area contributed by atoms with Gasteiger partial charge in [-0.05, 0) is 18.4 Å². The molecule has 1 aliphatic rings. The van der Waals surface area contributed by atoms with E-state index in [2.05, 4.69) is 0 Å². The zero-order chi connectivity index (χ0) is 14.7. The molecule has 1 fully saturated rings. The first-order chi connectivity index (χ1) is 9.50. The Morgan fingerprint density at radius 1 is 1.00 bits per heavy atom. The van der Waals surface area contributed by atoms with Gasteiger partial charge in [0.15, 0.2) is 5.78 Å². The SMILES string of the molecule is O=C(CCC1CCCCC1)c1c(Cl)cc(Cl)c(Cl)c1Cl. The first-order valence-corrected chi connectivity index (χ1v) is 8.38. The second-order valence-electron chi connectivity index (χ2n) is 5.31.